The van der Waals surface area contributed by atoms with Crippen molar-refractivity contribution in [2.75, 3.05) is 33.4 Å². The Labute approximate surface area is 225 Å². The van der Waals surface area contributed by atoms with Crippen LogP contribution < -0.4 is 10.6 Å². The zero-order valence-electron chi connectivity index (χ0n) is 22.6. The van der Waals surface area contributed by atoms with Crippen LogP contribution in [0.25, 0.3) is 6.08 Å². The van der Waals surface area contributed by atoms with Gasteiger partial charge in [-0.3, -0.25) is 0 Å². The molecule has 1 unspecified atom stereocenters. The van der Waals surface area contributed by atoms with Crippen LogP contribution in [0.15, 0.2) is 52.4 Å². The Hall–Kier alpha value is -3.10. The van der Waals surface area contributed by atoms with Crippen LogP contribution in [0.5, 0.6) is 0 Å². The SMILES string of the molecule is CCCOC(=O)C(=Cc1ccccc1C1C(C(=O)OCC)=C(C)NC(CNC)=C1C(=O)OCC)CC.Cl. The summed E-state index contributed by atoms with van der Waals surface area (Å²) in [6.07, 6.45) is 2.96. The molecule has 0 aliphatic carbocycles. The number of carbonyl (C=O) groups is 3. The molecule has 1 aliphatic rings. The molecule has 0 radical (unpaired) electrons. The summed E-state index contributed by atoms with van der Waals surface area (Å²) < 4.78 is 16.2. The van der Waals surface area contributed by atoms with Gasteiger partial charge in [-0.05, 0) is 57.9 Å². The average molecular weight is 535 g/mol. The number of hydrogen-bond donors (Lipinski definition) is 2. The van der Waals surface area contributed by atoms with E-state index in [0.717, 1.165) is 6.42 Å². The van der Waals surface area contributed by atoms with Gasteiger partial charge in [0, 0.05) is 23.5 Å². The van der Waals surface area contributed by atoms with E-state index in [1.165, 1.54) is 0 Å². The topological polar surface area (TPSA) is 103 Å². The summed E-state index contributed by atoms with van der Waals surface area (Å²) >= 11 is 0. The lowest BCUT2D eigenvalue weighted by molar-refractivity contribution is -0.140. The first-order valence-corrected chi connectivity index (χ1v) is 12.5. The predicted octanol–water partition coefficient (Wildman–Crippen LogP) is 4.42. The highest BCUT2D eigenvalue weighted by atomic mass is 35.5. The molecule has 1 atom stereocenters. The first-order chi connectivity index (χ1) is 17.3. The zero-order chi connectivity index (χ0) is 26.7. The molecular weight excluding hydrogens is 496 g/mol. The standard InChI is InChI=1S/C28H38N2O6.ClH/c1-7-15-36-26(31)19(8-2)16-20-13-11-12-14-21(20)24-23(27(32)34-9-3)18(5)30-22(17-29-6)25(24)28(33)35-10-4;/h11-14,16,24,29-30H,7-10,15,17H2,1-6H3;1H. The van der Waals surface area contributed by atoms with Crippen molar-refractivity contribution in [1.29, 1.82) is 0 Å². The van der Waals surface area contributed by atoms with Crippen LogP contribution in [0.2, 0.25) is 0 Å². The lowest BCUT2D eigenvalue weighted by Crippen LogP contribution is -2.36. The Morgan fingerprint density at radius 1 is 0.973 bits per heavy atom. The molecule has 0 saturated heterocycles. The molecule has 8 nitrogen and oxygen atoms in total. The second kappa shape index (κ2) is 15.9. The summed E-state index contributed by atoms with van der Waals surface area (Å²) in [4.78, 5) is 39.2. The predicted molar refractivity (Wildman–Crippen MR) is 146 cm³/mol. The molecule has 0 saturated carbocycles. The van der Waals surface area contributed by atoms with E-state index in [1.807, 2.05) is 38.1 Å². The number of allylic oxidation sites excluding steroid dienone is 1. The van der Waals surface area contributed by atoms with Gasteiger partial charge >= 0.3 is 17.9 Å². The number of dihydropyridines is 1. The number of likely N-dealkylation sites (N-methyl/N-ethyl adjacent to an activating group) is 1. The maximum absolute atomic E-state index is 13.3. The molecule has 1 heterocycles. The maximum atomic E-state index is 13.3. The Balaban J connectivity index is 0.00000684. The van der Waals surface area contributed by atoms with Crippen molar-refractivity contribution in [3.05, 3.63) is 63.5 Å². The highest BCUT2D eigenvalue weighted by Crippen LogP contribution is 2.41. The first-order valence-electron chi connectivity index (χ1n) is 12.5. The Morgan fingerprint density at radius 2 is 1.59 bits per heavy atom. The summed E-state index contributed by atoms with van der Waals surface area (Å²) in [7, 11) is 1.78. The first kappa shape index (κ1) is 31.9. The van der Waals surface area contributed by atoms with E-state index in [4.69, 9.17) is 14.2 Å². The molecular formula is C28H39ClN2O6. The number of halogens is 1. The van der Waals surface area contributed by atoms with Gasteiger partial charge in [0.25, 0.3) is 0 Å². The van der Waals surface area contributed by atoms with Crippen molar-refractivity contribution < 1.29 is 28.6 Å². The van der Waals surface area contributed by atoms with Gasteiger partial charge < -0.3 is 24.8 Å². The van der Waals surface area contributed by atoms with Crippen LogP contribution in [0.3, 0.4) is 0 Å². The van der Waals surface area contributed by atoms with Crippen molar-refractivity contribution in [1.82, 2.24) is 10.6 Å². The van der Waals surface area contributed by atoms with E-state index in [9.17, 15) is 14.4 Å². The zero-order valence-corrected chi connectivity index (χ0v) is 23.4. The van der Waals surface area contributed by atoms with Crippen LogP contribution in [0, 0.1) is 0 Å². The normalized spacial score (nSPS) is 15.5. The summed E-state index contributed by atoms with van der Waals surface area (Å²) in [6, 6.07) is 7.41. The van der Waals surface area contributed by atoms with Gasteiger partial charge in [-0.1, -0.05) is 38.1 Å². The Kier molecular flexibility index (Phi) is 13.7. The minimum absolute atomic E-state index is 0. The molecule has 0 amide bonds. The average Bonchev–Trinajstić information content (AvgIpc) is 2.86. The van der Waals surface area contributed by atoms with Gasteiger partial charge in [0.1, 0.15) is 0 Å². The van der Waals surface area contributed by atoms with E-state index in [2.05, 4.69) is 10.6 Å². The molecule has 2 rings (SSSR count). The van der Waals surface area contributed by atoms with Crippen LogP contribution in [-0.2, 0) is 28.6 Å². The minimum atomic E-state index is -0.759. The molecule has 1 aromatic carbocycles. The number of nitrogens with one attached hydrogen (secondary N) is 2. The third-order valence-corrected chi connectivity index (χ3v) is 5.71. The highest BCUT2D eigenvalue weighted by molar-refractivity contribution is 6.01. The highest BCUT2D eigenvalue weighted by Gasteiger charge is 2.39. The quantitative estimate of drug-likeness (QED) is 0.231. The summed E-state index contributed by atoms with van der Waals surface area (Å²) in [5.41, 5.74) is 3.75. The van der Waals surface area contributed by atoms with E-state index in [0.29, 0.717) is 58.8 Å². The fraction of sp³-hybridized carbons (Fsp3) is 0.464. The fourth-order valence-corrected chi connectivity index (χ4v) is 4.14. The minimum Gasteiger partial charge on any atom is -0.463 e. The molecule has 204 valence electrons. The summed E-state index contributed by atoms with van der Waals surface area (Å²) in [6.45, 7) is 10.2. The van der Waals surface area contributed by atoms with Gasteiger partial charge in [0.2, 0.25) is 0 Å². The van der Waals surface area contributed by atoms with Gasteiger partial charge in [-0.15, -0.1) is 12.4 Å². The Morgan fingerprint density at radius 3 is 2.16 bits per heavy atom. The third-order valence-electron chi connectivity index (χ3n) is 5.71. The lowest BCUT2D eigenvalue weighted by atomic mass is 9.78. The van der Waals surface area contributed by atoms with Crippen molar-refractivity contribution in [2.24, 2.45) is 0 Å². The van der Waals surface area contributed by atoms with Gasteiger partial charge in [0.15, 0.2) is 0 Å². The number of carbonyl (C=O) groups excluding carboxylic acids is 3. The van der Waals surface area contributed by atoms with E-state index in [1.54, 1.807) is 33.9 Å². The lowest BCUT2D eigenvalue weighted by Gasteiger charge is -2.32. The molecule has 1 aliphatic heterocycles. The van der Waals surface area contributed by atoms with E-state index >= 15 is 0 Å². The fourth-order valence-electron chi connectivity index (χ4n) is 4.14. The van der Waals surface area contributed by atoms with Crippen molar-refractivity contribution in [3.63, 3.8) is 0 Å². The number of esters is 3. The molecule has 0 bridgehead atoms. The summed E-state index contributed by atoms with van der Waals surface area (Å²) in [5.74, 6) is -2.18. The maximum Gasteiger partial charge on any atom is 0.336 e. The molecule has 1 aromatic rings. The number of benzene rings is 1. The van der Waals surface area contributed by atoms with Crippen molar-refractivity contribution in [2.45, 2.75) is 53.4 Å². The smallest absolute Gasteiger partial charge is 0.336 e. The molecule has 0 spiro atoms. The molecule has 37 heavy (non-hydrogen) atoms. The van der Waals surface area contributed by atoms with Gasteiger partial charge in [-0.25, -0.2) is 14.4 Å². The second-order valence-corrected chi connectivity index (χ2v) is 8.25. The van der Waals surface area contributed by atoms with Gasteiger partial charge in [-0.2, -0.15) is 0 Å². The Bertz CT molecular complexity index is 1060. The van der Waals surface area contributed by atoms with Crippen LogP contribution >= 0.6 is 12.4 Å². The molecule has 9 heteroatoms. The molecule has 0 fully saturated rings. The van der Waals surface area contributed by atoms with Crippen LogP contribution in [0.4, 0.5) is 0 Å². The molecule has 0 aromatic heterocycles. The number of rotatable bonds is 12. The van der Waals surface area contributed by atoms with E-state index in [-0.39, 0.29) is 31.6 Å². The largest absolute Gasteiger partial charge is 0.463 e. The van der Waals surface area contributed by atoms with E-state index < -0.39 is 17.9 Å². The second-order valence-electron chi connectivity index (χ2n) is 8.25. The summed E-state index contributed by atoms with van der Waals surface area (Å²) in [5, 5.41) is 6.29. The van der Waals surface area contributed by atoms with Gasteiger partial charge in [0.05, 0.1) is 36.9 Å². The monoisotopic (exact) mass is 534 g/mol. The number of hydrogen-bond acceptors (Lipinski definition) is 8. The van der Waals surface area contributed by atoms with Crippen LogP contribution in [0.1, 0.15) is 64.5 Å². The van der Waals surface area contributed by atoms with Crippen molar-refractivity contribution in [3.8, 4) is 0 Å². The number of ether oxygens (including phenoxy) is 3. The van der Waals surface area contributed by atoms with Crippen molar-refractivity contribution >= 4 is 36.4 Å². The molecule has 2 N–H and O–H groups in total. The third kappa shape index (κ3) is 7.94. The van der Waals surface area contributed by atoms with Crippen LogP contribution in [-0.4, -0.2) is 51.3 Å².